The smallest absolute Gasteiger partial charge is 0.177 e. The van der Waals surface area contributed by atoms with E-state index < -0.39 is 11.6 Å². The molecule has 0 radical (unpaired) electrons. The summed E-state index contributed by atoms with van der Waals surface area (Å²) in [4.78, 5) is 13.4. The Kier molecular flexibility index (Phi) is 3.33. The molecule has 0 unspecified atom stereocenters. The zero-order valence-corrected chi connectivity index (χ0v) is 9.98. The summed E-state index contributed by atoms with van der Waals surface area (Å²) in [6.07, 6.45) is -0.108. The Bertz CT molecular complexity index is 560. The molecule has 88 valence electrons. The summed E-state index contributed by atoms with van der Waals surface area (Å²) >= 11 is 1.36. The highest BCUT2D eigenvalue weighted by Gasteiger charge is 2.12. The van der Waals surface area contributed by atoms with Crippen LogP contribution >= 0.6 is 11.3 Å². The Morgan fingerprint density at radius 2 is 2.00 bits per heavy atom. The van der Waals surface area contributed by atoms with Crippen molar-refractivity contribution in [2.45, 2.75) is 13.3 Å². The Hall–Kier alpha value is -1.55. The number of benzene rings is 1. The van der Waals surface area contributed by atoms with Gasteiger partial charge in [-0.25, -0.2) is 8.78 Å². The summed E-state index contributed by atoms with van der Waals surface area (Å²) in [5, 5.41) is 0. The van der Waals surface area contributed by atoms with Gasteiger partial charge in [0.25, 0.3) is 0 Å². The fourth-order valence-electron chi connectivity index (χ4n) is 1.52. The van der Waals surface area contributed by atoms with Gasteiger partial charge in [0, 0.05) is 11.3 Å². The summed E-state index contributed by atoms with van der Waals surface area (Å²) in [7, 11) is 0. The molecule has 17 heavy (non-hydrogen) atoms. The average Bonchev–Trinajstić information content (AvgIpc) is 2.70. The molecule has 0 N–H and O–H groups in total. The van der Waals surface area contributed by atoms with E-state index in [-0.39, 0.29) is 17.8 Å². The van der Waals surface area contributed by atoms with Gasteiger partial charge in [0.2, 0.25) is 0 Å². The highest BCUT2D eigenvalue weighted by molar-refractivity contribution is 7.14. The molecular weight excluding hydrogens is 242 g/mol. The van der Waals surface area contributed by atoms with Crippen LogP contribution in [0.25, 0.3) is 0 Å². The molecule has 0 saturated heterocycles. The van der Waals surface area contributed by atoms with Crippen molar-refractivity contribution in [2.75, 3.05) is 0 Å². The molecule has 1 aromatic carbocycles. The van der Waals surface area contributed by atoms with E-state index in [4.69, 9.17) is 0 Å². The molecule has 0 bridgehead atoms. The monoisotopic (exact) mass is 252 g/mol. The lowest BCUT2D eigenvalue weighted by molar-refractivity contribution is 0.0995. The van der Waals surface area contributed by atoms with E-state index in [1.165, 1.54) is 11.3 Å². The Morgan fingerprint density at radius 3 is 2.65 bits per heavy atom. The lowest BCUT2D eigenvalue weighted by Crippen LogP contribution is -2.03. The predicted molar refractivity (Wildman–Crippen MR) is 63.4 cm³/mol. The fourth-order valence-corrected chi connectivity index (χ4v) is 2.33. The summed E-state index contributed by atoms with van der Waals surface area (Å²) in [6, 6.07) is 6.68. The fraction of sp³-hybridized carbons (Fsp3) is 0.154. The Morgan fingerprint density at radius 1 is 1.24 bits per heavy atom. The van der Waals surface area contributed by atoms with Crippen molar-refractivity contribution in [3.8, 4) is 0 Å². The minimum atomic E-state index is -0.548. The summed E-state index contributed by atoms with van der Waals surface area (Å²) in [6.45, 7) is 1.89. The SMILES string of the molecule is Cc1ccc(C(=O)Cc2cc(F)ccc2F)s1. The number of halogens is 2. The van der Waals surface area contributed by atoms with Crippen molar-refractivity contribution in [1.82, 2.24) is 0 Å². The first-order valence-electron chi connectivity index (χ1n) is 5.10. The minimum Gasteiger partial charge on any atom is -0.293 e. The molecule has 0 aliphatic carbocycles. The molecule has 1 aromatic heterocycles. The van der Waals surface area contributed by atoms with Crippen molar-refractivity contribution in [3.05, 3.63) is 57.3 Å². The highest BCUT2D eigenvalue weighted by atomic mass is 32.1. The van der Waals surface area contributed by atoms with E-state index in [0.29, 0.717) is 4.88 Å². The molecule has 0 saturated carbocycles. The molecule has 4 heteroatoms. The van der Waals surface area contributed by atoms with Gasteiger partial charge in [-0.15, -0.1) is 11.3 Å². The third-order valence-corrected chi connectivity index (χ3v) is 3.42. The quantitative estimate of drug-likeness (QED) is 0.760. The Labute approximate surface area is 102 Å². The van der Waals surface area contributed by atoms with Gasteiger partial charge in [-0.2, -0.15) is 0 Å². The van der Waals surface area contributed by atoms with Gasteiger partial charge < -0.3 is 0 Å². The van der Waals surface area contributed by atoms with Crippen LogP contribution in [-0.2, 0) is 6.42 Å². The normalized spacial score (nSPS) is 10.5. The summed E-state index contributed by atoms with van der Waals surface area (Å²) < 4.78 is 26.3. The third kappa shape index (κ3) is 2.77. The second-order valence-electron chi connectivity index (χ2n) is 3.75. The van der Waals surface area contributed by atoms with Crippen LogP contribution in [0.4, 0.5) is 8.78 Å². The van der Waals surface area contributed by atoms with E-state index >= 15 is 0 Å². The van der Waals surface area contributed by atoms with Crippen LogP contribution in [-0.4, -0.2) is 5.78 Å². The second kappa shape index (κ2) is 4.75. The number of aryl methyl sites for hydroxylation is 1. The molecule has 0 atom stereocenters. The molecule has 0 aliphatic rings. The first-order valence-corrected chi connectivity index (χ1v) is 5.91. The zero-order valence-electron chi connectivity index (χ0n) is 9.17. The van der Waals surface area contributed by atoms with Gasteiger partial charge in [0.1, 0.15) is 11.6 Å². The number of carbonyl (C=O) groups excluding carboxylic acids is 1. The number of hydrogen-bond donors (Lipinski definition) is 0. The second-order valence-corrected chi connectivity index (χ2v) is 5.03. The van der Waals surface area contributed by atoms with Crippen LogP contribution in [0.2, 0.25) is 0 Å². The first kappa shape index (κ1) is 11.9. The summed E-state index contributed by atoms with van der Waals surface area (Å²) in [5.74, 6) is -1.27. The van der Waals surface area contributed by atoms with E-state index in [1.54, 1.807) is 6.07 Å². The maximum atomic E-state index is 13.3. The van der Waals surface area contributed by atoms with Crippen LogP contribution in [0.1, 0.15) is 20.1 Å². The molecule has 0 aliphatic heterocycles. The minimum absolute atomic E-state index is 0.0982. The van der Waals surface area contributed by atoms with E-state index in [9.17, 15) is 13.6 Å². The van der Waals surface area contributed by atoms with Gasteiger partial charge in [0.15, 0.2) is 5.78 Å². The maximum absolute atomic E-state index is 13.3. The first-order chi connectivity index (χ1) is 8.06. The van der Waals surface area contributed by atoms with Crippen molar-refractivity contribution in [2.24, 2.45) is 0 Å². The Balaban J connectivity index is 2.21. The van der Waals surface area contributed by atoms with Gasteiger partial charge in [-0.05, 0) is 42.8 Å². The molecule has 0 amide bonds. The number of ketones is 1. The molecule has 1 heterocycles. The van der Waals surface area contributed by atoms with E-state index in [0.717, 1.165) is 23.1 Å². The van der Waals surface area contributed by atoms with Crippen LogP contribution in [0.15, 0.2) is 30.3 Å². The standard InChI is InChI=1S/C13H10F2OS/c1-8-2-5-13(17-8)12(16)7-9-6-10(14)3-4-11(9)15/h2-6H,7H2,1H3. The number of hydrogen-bond acceptors (Lipinski definition) is 2. The van der Waals surface area contributed by atoms with Crippen molar-refractivity contribution in [1.29, 1.82) is 0 Å². The highest BCUT2D eigenvalue weighted by Crippen LogP contribution is 2.19. The van der Waals surface area contributed by atoms with Crippen molar-refractivity contribution in [3.63, 3.8) is 0 Å². The van der Waals surface area contributed by atoms with Gasteiger partial charge in [0.05, 0.1) is 4.88 Å². The number of thiophene rings is 1. The molecule has 2 aromatic rings. The van der Waals surface area contributed by atoms with E-state index in [2.05, 4.69) is 0 Å². The van der Waals surface area contributed by atoms with Crippen LogP contribution in [0.5, 0.6) is 0 Å². The van der Waals surface area contributed by atoms with E-state index in [1.807, 2.05) is 13.0 Å². The third-order valence-electron chi connectivity index (χ3n) is 2.37. The molecule has 0 spiro atoms. The predicted octanol–water partition coefficient (Wildman–Crippen LogP) is 3.76. The van der Waals surface area contributed by atoms with Crippen LogP contribution < -0.4 is 0 Å². The van der Waals surface area contributed by atoms with Crippen LogP contribution in [0.3, 0.4) is 0 Å². The average molecular weight is 252 g/mol. The van der Waals surface area contributed by atoms with Gasteiger partial charge in [-0.1, -0.05) is 0 Å². The molecular formula is C13H10F2OS. The molecule has 0 fully saturated rings. The van der Waals surface area contributed by atoms with Gasteiger partial charge in [-0.3, -0.25) is 4.79 Å². The number of rotatable bonds is 3. The topological polar surface area (TPSA) is 17.1 Å². The zero-order chi connectivity index (χ0) is 12.4. The largest absolute Gasteiger partial charge is 0.293 e. The lowest BCUT2D eigenvalue weighted by Gasteiger charge is -2.01. The molecule has 2 rings (SSSR count). The number of carbonyl (C=O) groups is 1. The van der Waals surface area contributed by atoms with Crippen LogP contribution in [0, 0.1) is 18.6 Å². The lowest BCUT2D eigenvalue weighted by atomic mass is 10.1. The van der Waals surface area contributed by atoms with Crippen molar-refractivity contribution < 1.29 is 13.6 Å². The van der Waals surface area contributed by atoms with Crippen molar-refractivity contribution >= 4 is 17.1 Å². The van der Waals surface area contributed by atoms with Gasteiger partial charge >= 0.3 is 0 Å². The molecule has 1 nitrogen and oxygen atoms in total. The maximum Gasteiger partial charge on any atom is 0.177 e. The summed E-state index contributed by atoms with van der Waals surface area (Å²) in [5.41, 5.74) is 0.0982. The number of Topliss-reactive ketones (excluding diaryl/α,β-unsaturated/α-hetero) is 1.